The van der Waals surface area contributed by atoms with E-state index in [4.69, 9.17) is 4.74 Å². The lowest BCUT2D eigenvalue weighted by atomic mass is 9.78. The molecule has 0 heterocycles. The molecule has 2 fully saturated rings. The zero-order chi connectivity index (χ0) is 11.2. The monoisotopic (exact) mass is 218 g/mol. The molecule has 0 radical (unpaired) electrons. The summed E-state index contributed by atoms with van der Waals surface area (Å²) < 4.78 is 5.20. The Morgan fingerprint density at radius 1 is 1.31 bits per heavy atom. The van der Waals surface area contributed by atoms with Crippen molar-refractivity contribution in [1.29, 1.82) is 0 Å². The zero-order valence-corrected chi connectivity index (χ0v) is 9.70. The van der Waals surface area contributed by atoms with E-state index in [0.717, 1.165) is 5.92 Å². The van der Waals surface area contributed by atoms with Crippen LogP contribution in [0.3, 0.4) is 0 Å². The number of ether oxygens (including phenoxy) is 1. The molecule has 2 aliphatic rings. The number of hydrogen-bond acceptors (Lipinski definition) is 2. The lowest BCUT2D eigenvalue weighted by molar-refractivity contribution is 0.368. The molecule has 0 saturated heterocycles. The molecular weight excluding hydrogens is 200 g/mol. The topological polar surface area (TPSA) is 29.5 Å². The van der Waals surface area contributed by atoms with E-state index in [9.17, 15) is 5.11 Å². The smallest absolute Gasteiger partial charge is 0.160 e. The molecule has 0 atom stereocenters. The minimum atomic E-state index is 0.246. The van der Waals surface area contributed by atoms with Crippen molar-refractivity contribution in [3.63, 3.8) is 0 Å². The van der Waals surface area contributed by atoms with Crippen molar-refractivity contribution in [2.24, 2.45) is 5.92 Å². The van der Waals surface area contributed by atoms with Gasteiger partial charge in [0.25, 0.3) is 0 Å². The number of phenolic OH excluding ortho intramolecular Hbond substituents is 1. The van der Waals surface area contributed by atoms with Gasteiger partial charge in [-0.2, -0.15) is 0 Å². The van der Waals surface area contributed by atoms with Crippen molar-refractivity contribution >= 4 is 0 Å². The van der Waals surface area contributed by atoms with E-state index in [1.807, 2.05) is 6.07 Å². The molecule has 0 aliphatic heterocycles. The highest BCUT2D eigenvalue weighted by Gasteiger charge is 2.45. The number of rotatable bonds is 2. The first kappa shape index (κ1) is 10.0. The number of fused-ring (bicyclic) bond motifs is 2. The maximum Gasteiger partial charge on any atom is 0.160 e. The number of aromatic hydroxyl groups is 1. The Kier molecular flexibility index (Phi) is 2.13. The third-order valence-electron chi connectivity index (χ3n) is 4.53. The van der Waals surface area contributed by atoms with Crippen LogP contribution in [0.5, 0.6) is 11.5 Å². The average molecular weight is 218 g/mol. The minimum Gasteiger partial charge on any atom is -0.504 e. The molecule has 0 spiro atoms. The summed E-state index contributed by atoms with van der Waals surface area (Å²) in [4.78, 5) is 0. The lowest BCUT2D eigenvalue weighted by Crippen LogP contribution is -2.19. The van der Waals surface area contributed by atoms with Crippen LogP contribution in [0.25, 0.3) is 0 Å². The van der Waals surface area contributed by atoms with Crippen LogP contribution >= 0.6 is 0 Å². The van der Waals surface area contributed by atoms with Crippen molar-refractivity contribution in [2.45, 2.75) is 37.5 Å². The van der Waals surface area contributed by atoms with Crippen molar-refractivity contribution in [3.8, 4) is 11.5 Å². The molecule has 1 N–H and O–H groups in total. The fraction of sp³-hybridized carbons (Fsp3) is 0.571. The second-order valence-electron chi connectivity index (χ2n) is 5.31. The summed E-state index contributed by atoms with van der Waals surface area (Å²) in [5.41, 5.74) is 1.76. The van der Waals surface area contributed by atoms with Crippen molar-refractivity contribution in [1.82, 2.24) is 0 Å². The van der Waals surface area contributed by atoms with E-state index in [1.54, 1.807) is 13.2 Å². The average Bonchev–Trinajstić information content (AvgIpc) is 2.90. The van der Waals surface area contributed by atoms with Crippen LogP contribution in [0.15, 0.2) is 18.2 Å². The lowest BCUT2D eigenvalue weighted by Gasteiger charge is -2.27. The Hall–Kier alpha value is -1.18. The van der Waals surface area contributed by atoms with Crippen LogP contribution in [0, 0.1) is 5.92 Å². The number of benzene rings is 1. The van der Waals surface area contributed by atoms with Gasteiger partial charge in [0.15, 0.2) is 11.5 Å². The van der Waals surface area contributed by atoms with E-state index in [2.05, 4.69) is 6.07 Å². The molecule has 2 nitrogen and oxygen atoms in total. The van der Waals surface area contributed by atoms with E-state index >= 15 is 0 Å². The molecule has 0 amide bonds. The first-order valence-corrected chi connectivity index (χ1v) is 6.11. The summed E-state index contributed by atoms with van der Waals surface area (Å²) in [6.45, 7) is 0. The molecule has 2 bridgehead atoms. The maximum atomic E-state index is 9.62. The molecule has 2 heteroatoms. The quantitative estimate of drug-likeness (QED) is 0.825. The van der Waals surface area contributed by atoms with Gasteiger partial charge in [0.05, 0.1) is 7.11 Å². The normalized spacial score (nSPS) is 31.9. The van der Waals surface area contributed by atoms with Gasteiger partial charge in [0.1, 0.15) is 0 Å². The van der Waals surface area contributed by atoms with Crippen LogP contribution in [0.1, 0.15) is 37.7 Å². The van der Waals surface area contributed by atoms with Crippen LogP contribution in [0.4, 0.5) is 0 Å². The molecular formula is C14H18O2. The third-order valence-corrected chi connectivity index (χ3v) is 4.53. The van der Waals surface area contributed by atoms with E-state index in [0.29, 0.717) is 11.2 Å². The molecule has 1 aromatic rings. The fourth-order valence-electron chi connectivity index (χ4n) is 3.61. The molecule has 0 unspecified atom stereocenters. The first-order chi connectivity index (χ1) is 7.73. The first-order valence-electron chi connectivity index (χ1n) is 6.11. The predicted molar refractivity (Wildman–Crippen MR) is 62.9 cm³/mol. The Balaban J connectivity index is 2.00. The summed E-state index contributed by atoms with van der Waals surface area (Å²) >= 11 is 0. The highest BCUT2D eigenvalue weighted by atomic mass is 16.5. The van der Waals surface area contributed by atoms with Crippen molar-refractivity contribution < 1.29 is 9.84 Å². The molecule has 1 aromatic carbocycles. The second kappa shape index (κ2) is 3.41. The molecule has 2 aliphatic carbocycles. The summed E-state index contributed by atoms with van der Waals surface area (Å²) in [6, 6.07) is 5.88. The highest BCUT2D eigenvalue weighted by Crippen LogP contribution is 2.55. The Morgan fingerprint density at radius 2 is 2.06 bits per heavy atom. The minimum absolute atomic E-state index is 0.246. The van der Waals surface area contributed by atoms with Gasteiger partial charge >= 0.3 is 0 Å². The van der Waals surface area contributed by atoms with Gasteiger partial charge in [-0.15, -0.1) is 0 Å². The molecule has 86 valence electrons. The fourth-order valence-corrected chi connectivity index (χ4v) is 3.61. The largest absolute Gasteiger partial charge is 0.504 e. The standard InChI is InChI=1S/C14H18O2/c1-16-13-8-11(2-3-12(13)15)14-6-4-10(9-14)5-7-14/h2-3,8,10,15H,4-7,9H2,1H3. The van der Waals surface area contributed by atoms with Gasteiger partial charge in [-0.05, 0) is 61.1 Å². The van der Waals surface area contributed by atoms with Gasteiger partial charge in [-0.25, -0.2) is 0 Å². The van der Waals surface area contributed by atoms with Gasteiger partial charge in [0, 0.05) is 0 Å². The van der Waals surface area contributed by atoms with Crippen LogP contribution in [-0.2, 0) is 5.41 Å². The number of methoxy groups -OCH3 is 1. The van der Waals surface area contributed by atoms with Crippen molar-refractivity contribution in [2.75, 3.05) is 7.11 Å². The summed E-state index contributed by atoms with van der Waals surface area (Å²) in [5.74, 6) is 1.80. The van der Waals surface area contributed by atoms with E-state index < -0.39 is 0 Å². The number of hydrogen-bond donors (Lipinski definition) is 1. The maximum absolute atomic E-state index is 9.62. The molecule has 2 saturated carbocycles. The highest BCUT2D eigenvalue weighted by molar-refractivity contribution is 5.45. The Morgan fingerprint density at radius 3 is 2.62 bits per heavy atom. The summed E-state index contributed by atoms with van der Waals surface area (Å²) in [6.07, 6.45) is 6.71. The van der Waals surface area contributed by atoms with Gasteiger partial charge in [-0.3, -0.25) is 0 Å². The van der Waals surface area contributed by atoms with Gasteiger partial charge in [-0.1, -0.05) is 6.07 Å². The third kappa shape index (κ3) is 1.32. The predicted octanol–water partition coefficient (Wildman–Crippen LogP) is 3.23. The molecule has 0 aromatic heterocycles. The second-order valence-corrected chi connectivity index (χ2v) is 5.31. The Bertz CT molecular complexity index is 403. The van der Waals surface area contributed by atoms with Crippen LogP contribution in [-0.4, -0.2) is 12.2 Å². The Labute approximate surface area is 96.2 Å². The zero-order valence-electron chi connectivity index (χ0n) is 9.70. The number of phenols is 1. The van der Waals surface area contributed by atoms with Crippen LogP contribution < -0.4 is 4.74 Å². The van der Waals surface area contributed by atoms with Crippen LogP contribution in [0.2, 0.25) is 0 Å². The summed E-state index contributed by atoms with van der Waals surface area (Å²) in [5, 5.41) is 9.62. The van der Waals surface area contributed by atoms with E-state index in [1.165, 1.54) is 37.7 Å². The van der Waals surface area contributed by atoms with Crippen molar-refractivity contribution in [3.05, 3.63) is 23.8 Å². The SMILES string of the molecule is COc1cc(C23CCC(CC2)C3)ccc1O. The molecule has 16 heavy (non-hydrogen) atoms. The van der Waals surface area contributed by atoms with E-state index in [-0.39, 0.29) is 5.75 Å². The van der Waals surface area contributed by atoms with Gasteiger partial charge in [0.2, 0.25) is 0 Å². The van der Waals surface area contributed by atoms with Gasteiger partial charge < -0.3 is 9.84 Å². The summed E-state index contributed by atoms with van der Waals surface area (Å²) in [7, 11) is 1.61. The molecule has 3 rings (SSSR count).